The lowest BCUT2D eigenvalue weighted by atomic mass is 10.1. The van der Waals surface area contributed by atoms with E-state index in [1.807, 2.05) is 0 Å². The number of nitrogens with one attached hydrogen (secondary N) is 2. The molecule has 0 aliphatic carbocycles. The van der Waals surface area contributed by atoms with Crippen molar-refractivity contribution >= 4 is 16.5 Å². The van der Waals surface area contributed by atoms with Crippen molar-refractivity contribution in [2.45, 2.75) is 25.4 Å². The van der Waals surface area contributed by atoms with Gasteiger partial charge in [-0.1, -0.05) is 0 Å². The molecule has 1 saturated heterocycles. The van der Waals surface area contributed by atoms with Gasteiger partial charge in [-0.05, 0) is 47.2 Å². The maximum Gasteiger partial charge on any atom is 0.423 e. The Bertz CT molecular complexity index is 362. The van der Waals surface area contributed by atoms with E-state index in [9.17, 15) is 10.1 Å². The molecule has 1 aromatic heterocycles. The van der Waals surface area contributed by atoms with Gasteiger partial charge in [-0.25, -0.2) is 0 Å². The van der Waals surface area contributed by atoms with Gasteiger partial charge < -0.3 is 20.7 Å². The minimum absolute atomic E-state index is 0.0258. The first-order valence-corrected chi connectivity index (χ1v) is 6.16. The molecule has 1 aliphatic heterocycles. The Hall–Kier alpha value is -1.05. The van der Waals surface area contributed by atoms with Gasteiger partial charge in [0.05, 0.1) is 6.54 Å². The molecule has 0 atom stereocenters. The highest BCUT2D eigenvalue weighted by molar-refractivity contribution is 7.12. The van der Waals surface area contributed by atoms with Crippen LogP contribution in [-0.4, -0.2) is 29.0 Å². The molecular weight excluding hydrogens is 228 g/mol. The van der Waals surface area contributed by atoms with E-state index in [0.717, 1.165) is 43.0 Å². The number of nitro groups is 1. The van der Waals surface area contributed by atoms with Gasteiger partial charge in [0.15, 0.2) is 5.69 Å². The van der Waals surface area contributed by atoms with Crippen LogP contribution in [0.4, 0.5) is 5.13 Å². The number of rotatable bonds is 4. The minimum Gasteiger partial charge on any atom is -0.357 e. The average molecular weight is 242 g/mol. The highest BCUT2D eigenvalue weighted by Gasteiger charge is 2.16. The Kier molecular flexibility index (Phi) is 3.81. The summed E-state index contributed by atoms with van der Waals surface area (Å²) in [5.74, 6) is 0. The Morgan fingerprint density at radius 1 is 1.62 bits per heavy atom. The fourth-order valence-corrected chi connectivity index (χ4v) is 2.37. The van der Waals surface area contributed by atoms with E-state index < -0.39 is 4.92 Å². The molecule has 1 aliphatic rings. The van der Waals surface area contributed by atoms with E-state index in [0.29, 0.717) is 12.6 Å². The zero-order valence-corrected chi connectivity index (χ0v) is 9.63. The molecule has 0 unspecified atom stereocenters. The SMILES string of the molecule is O=[N+]([O-])c1nc(CNC2CCNCC2)cs1. The van der Waals surface area contributed by atoms with Gasteiger partial charge in [0.1, 0.15) is 0 Å². The van der Waals surface area contributed by atoms with Crippen molar-refractivity contribution in [3.8, 4) is 0 Å². The number of aromatic nitrogens is 1. The van der Waals surface area contributed by atoms with Crippen LogP contribution in [0.3, 0.4) is 0 Å². The van der Waals surface area contributed by atoms with Crippen LogP contribution < -0.4 is 10.6 Å². The molecule has 16 heavy (non-hydrogen) atoms. The van der Waals surface area contributed by atoms with Gasteiger partial charge in [-0.2, -0.15) is 0 Å². The van der Waals surface area contributed by atoms with E-state index in [1.165, 1.54) is 0 Å². The van der Waals surface area contributed by atoms with Gasteiger partial charge in [-0.3, -0.25) is 0 Å². The number of hydrogen-bond donors (Lipinski definition) is 2. The fraction of sp³-hybridized carbons (Fsp3) is 0.667. The summed E-state index contributed by atoms with van der Waals surface area (Å²) in [5.41, 5.74) is 0.759. The molecule has 2 heterocycles. The van der Waals surface area contributed by atoms with Crippen molar-refractivity contribution in [1.29, 1.82) is 0 Å². The van der Waals surface area contributed by atoms with Crippen LogP contribution in [0.25, 0.3) is 0 Å². The lowest BCUT2D eigenvalue weighted by molar-refractivity contribution is -0.384. The number of nitrogens with zero attached hydrogens (tertiary/aromatic N) is 2. The number of thiazole rings is 1. The van der Waals surface area contributed by atoms with E-state index in [4.69, 9.17) is 0 Å². The monoisotopic (exact) mass is 242 g/mol. The van der Waals surface area contributed by atoms with Gasteiger partial charge in [0.2, 0.25) is 0 Å². The second kappa shape index (κ2) is 5.33. The van der Waals surface area contributed by atoms with Gasteiger partial charge in [0.25, 0.3) is 0 Å². The summed E-state index contributed by atoms with van der Waals surface area (Å²) in [5, 5.41) is 18.8. The summed E-state index contributed by atoms with van der Waals surface area (Å²) in [6.07, 6.45) is 2.21. The molecule has 0 bridgehead atoms. The Morgan fingerprint density at radius 3 is 3.00 bits per heavy atom. The van der Waals surface area contributed by atoms with Crippen LogP contribution in [0.5, 0.6) is 0 Å². The molecule has 88 valence electrons. The first kappa shape index (κ1) is 11.4. The largest absolute Gasteiger partial charge is 0.423 e. The smallest absolute Gasteiger partial charge is 0.357 e. The zero-order valence-electron chi connectivity index (χ0n) is 8.81. The first-order valence-electron chi connectivity index (χ1n) is 5.28. The molecule has 0 saturated carbocycles. The van der Waals surface area contributed by atoms with Crippen LogP contribution in [0.15, 0.2) is 5.38 Å². The van der Waals surface area contributed by atoms with E-state index >= 15 is 0 Å². The lowest BCUT2D eigenvalue weighted by Crippen LogP contribution is -2.39. The second-order valence-electron chi connectivity index (χ2n) is 3.78. The molecule has 2 rings (SSSR count). The van der Waals surface area contributed by atoms with Crippen LogP contribution in [0.1, 0.15) is 18.5 Å². The summed E-state index contributed by atoms with van der Waals surface area (Å²) in [6.45, 7) is 2.69. The number of piperidine rings is 1. The van der Waals surface area contributed by atoms with E-state index in [-0.39, 0.29) is 5.13 Å². The van der Waals surface area contributed by atoms with Crippen LogP contribution in [-0.2, 0) is 6.54 Å². The molecule has 6 nitrogen and oxygen atoms in total. The standard InChI is InChI=1S/C9H14N4O2S/c14-13(15)9-12-8(6-16-9)5-11-7-1-3-10-4-2-7/h6-7,10-11H,1-5H2. The Balaban J connectivity index is 1.81. The second-order valence-corrected chi connectivity index (χ2v) is 4.62. The van der Waals surface area contributed by atoms with Crippen LogP contribution in [0.2, 0.25) is 0 Å². The Labute approximate surface area is 97.2 Å². The number of hydrogen-bond acceptors (Lipinski definition) is 6. The van der Waals surface area contributed by atoms with E-state index in [2.05, 4.69) is 15.6 Å². The van der Waals surface area contributed by atoms with Crippen molar-refractivity contribution in [3.05, 3.63) is 21.2 Å². The highest BCUT2D eigenvalue weighted by Crippen LogP contribution is 2.17. The first-order chi connectivity index (χ1) is 7.75. The highest BCUT2D eigenvalue weighted by atomic mass is 32.1. The van der Waals surface area contributed by atoms with Crippen molar-refractivity contribution in [2.24, 2.45) is 0 Å². The molecule has 0 amide bonds. The summed E-state index contributed by atoms with van der Waals surface area (Å²) in [6, 6.07) is 0.502. The fourth-order valence-electron chi connectivity index (χ4n) is 1.74. The van der Waals surface area contributed by atoms with Crippen molar-refractivity contribution in [3.63, 3.8) is 0 Å². The third kappa shape index (κ3) is 2.97. The molecule has 7 heteroatoms. The van der Waals surface area contributed by atoms with Crippen LogP contribution in [0, 0.1) is 10.1 Å². The quantitative estimate of drug-likeness (QED) is 0.605. The molecule has 1 aromatic rings. The summed E-state index contributed by atoms with van der Waals surface area (Å²) < 4.78 is 0. The molecular formula is C9H14N4O2S. The van der Waals surface area contributed by atoms with Gasteiger partial charge in [-0.15, -0.1) is 0 Å². The third-order valence-electron chi connectivity index (χ3n) is 2.61. The molecule has 1 fully saturated rings. The molecule has 2 N–H and O–H groups in total. The molecule has 0 aromatic carbocycles. The molecule has 0 spiro atoms. The lowest BCUT2D eigenvalue weighted by Gasteiger charge is -2.22. The van der Waals surface area contributed by atoms with Crippen LogP contribution >= 0.6 is 11.3 Å². The van der Waals surface area contributed by atoms with Gasteiger partial charge in [0, 0.05) is 11.4 Å². The van der Waals surface area contributed by atoms with Crippen molar-refractivity contribution < 1.29 is 4.92 Å². The predicted molar refractivity (Wildman–Crippen MR) is 61.5 cm³/mol. The zero-order chi connectivity index (χ0) is 11.4. The van der Waals surface area contributed by atoms with Crippen molar-refractivity contribution in [2.75, 3.05) is 13.1 Å². The topological polar surface area (TPSA) is 80.1 Å². The Morgan fingerprint density at radius 2 is 2.38 bits per heavy atom. The summed E-state index contributed by atoms with van der Waals surface area (Å²) >= 11 is 1.08. The maximum atomic E-state index is 10.4. The maximum absolute atomic E-state index is 10.4. The third-order valence-corrected chi connectivity index (χ3v) is 3.45. The van der Waals surface area contributed by atoms with Gasteiger partial charge >= 0.3 is 5.13 Å². The predicted octanol–water partition coefficient (Wildman–Crippen LogP) is 0.893. The van der Waals surface area contributed by atoms with Crippen molar-refractivity contribution in [1.82, 2.24) is 15.6 Å². The van der Waals surface area contributed by atoms with E-state index in [1.54, 1.807) is 5.38 Å². The minimum atomic E-state index is -0.446. The summed E-state index contributed by atoms with van der Waals surface area (Å²) in [7, 11) is 0. The summed E-state index contributed by atoms with van der Waals surface area (Å²) in [4.78, 5) is 13.9. The normalized spacial score (nSPS) is 17.5. The molecule has 0 radical (unpaired) electrons. The average Bonchev–Trinajstić information content (AvgIpc) is 2.76.